The van der Waals surface area contributed by atoms with Crippen molar-refractivity contribution in [2.45, 2.75) is 52.5 Å². The molecular weight excluding hydrogens is 314 g/mol. The van der Waals surface area contributed by atoms with Crippen LogP contribution >= 0.6 is 0 Å². The van der Waals surface area contributed by atoms with E-state index in [0.717, 1.165) is 24.1 Å². The lowest BCUT2D eigenvalue weighted by molar-refractivity contribution is -0.120. The summed E-state index contributed by atoms with van der Waals surface area (Å²) < 4.78 is 0. The monoisotopic (exact) mass is 345 g/mol. The second kappa shape index (κ2) is 9.56. The van der Waals surface area contributed by atoms with Crippen LogP contribution in [-0.2, 0) is 4.79 Å². The molecule has 1 aromatic rings. The minimum Gasteiger partial charge on any atom is -0.355 e. The van der Waals surface area contributed by atoms with Gasteiger partial charge in [-0.3, -0.25) is 9.59 Å². The van der Waals surface area contributed by atoms with E-state index in [1.165, 1.54) is 25.8 Å². The number of carbonyl (C=O) groups excluding carboxylic acids is 2. The van der Waals surface area contributed by atoms with Gasteiger partial charge in [-0.2, -0.15) is 0 Å². The Balaban J connectivity index is 1.64. The Kier molecular flexibility index (Phi) is 7.44. The summed E-state index contributed by atoms with van der Waals surface area (Å²) in [7, 11) is 0. The van der Waals surface area contributed by atoms with Crippen molar-refractivity contribution in [3.05, 3.63) is 34.9 Å². The van der Waals surface area contributed by atoms with E-state index in [0.29, 0.717) is 18.2 Å². The van der Waals surface area contributed by atoms with E-state index in [1.54, 1.807) is 0 Å². The molecule has 2 rings (SSSR count). The van der Waals surface area contributed by atoms with E-state index >= 15 is 0 Å². The third-order valence-electron chi connectivity index (χ3n) is 4.78. The van der Waals surface area contributed by atoms with Crippen molar-refractivity contribution in [2.75, 3.05) is 26.2 Å². The Morgan fingerprint density at radius 1 is 1.12 bits per heavy atom. The van der Waals surface area contributed by atoms with Gasteiger partial charge in [0.05, 0.1) is 6.54 Å². The van der Waals surface area contributed by atoms with Gasteiger partial charge in [-0.15, -0.1) is 0 Å². The number of aryl methyl sites for hydroxylation is 2. The maximum absolute atomic E-state index is 12.1. The van der Waals surface area contributed by atoms with Gasteiger partial charge in [0.1, 0.15) is 0 Å². The largest absolute Gasteiger partial charge is 0.355 e. The lowest BCUT2D eigenvalue weighted by Gasteiger charge is -2.33. The average Bonchev–Trinajstić information content (AvgIpc) is 2.57. The molecule has 5 heteroatoms. The van der Waals surface area contributed by atoms with E-state index in [4.69, 9.17) is 0 Å². The van der Waals surface area contributed by atoms with Crippen LogP contribution in [0.1, 0.15) is 54.1 Å². The normalized spacial score (nSPS) is 18.0. The van der Waals surface area contributed by atoms with Crippen molar-refractivity contribution in [3.8, 4) is 0 Å². The smallest absolute Gasteiger partial charge is 0.251 e. The maximum Gasteiger partial charge on any atom is 0.251 e. The molecule has 0 bridgehead atoms. The lowest BCUT2D eigenvalue weighted by Crippen LogP contribution is -2.40. The molecule has 1 atom stereocenters. The lowest BCUT2D eigenvalue weighted by atomic mass is 10.0. The number of carbonyl (C=O) groups is 2. The zero-order valence-corrected chi connectivity index (χ0v) is 15.7. The first-order chi connectivity index (χ1) is 12.0. The summed E-state index contributed by atoms with van der Waals surface area (Å²) in [6.45, 7) is 9.06. The zero-order chi connectivity index (χ0) is 18.2. The summed E-state index contributed by atoms with van der Waals surface area (Å²) in [4.78, 5) is 26.5. The topological polar surface area (TPSA) is 61.4 Å². The summed E-state index contributed by atoms with van der Waals surface area (Å²) >= 11 is 0. The number of hydrogen-bond acceptors (Lipinski definition) is 3. The molecule has 1 aliphatic rings. The SMILES string of the molecule is Cc1cc(C)cc(C(=O)NCC(=O)NCCCN2CCCCC2C)c1. The molecule has 0 radical (unpaired) electrons. The van der Waals surface area contributed by atoms with Gasteiger partial charge >= 0.3 is 0 Å². The maximum atomic E-state index is 12.1. The van der Waals surface area contributed by atoms with E-state index in [9.17, 15) is 9.59 Å². The second-order valence-corrected chi connectivity index (χ2v) is 7.14. The van der Waals surface area contributed by atoms with Crippen molar-refractivity contribution in [1.29, 1.82) is 0 Å². The highest BCUT2D eigenvalue weighted by molar-refractivity contribution is 5.96. The Hall–Kier alpha value is -1.88. The van der Waals surface area contributed by atoms with Crippen LogP contribution in [0.5, 0.6) is 0 Å². The Morgan fingerprint density at radius 3 is 2.52 bits per heavy atom. The van der Waals surface area contributed by atoms with Gasteiger partial charge < -0.3 is 15.5 Å². The molecule has 5 nitrogen and oxygen atoms in total. The van der Waals surface area contributed by atoms with Crippen molar-refractivity contribution in [2.24, 2.45) is 0 Å². The predicted molar refractivity (Wildman–Crippen MR) is 101 cm³/mol. The fourth-order valence-corrected chi connectivity index (χ4v) is 3.43. The van der Waals surface area contributed by atoms with E-state index in [2.05, 4.69) is 22.5 Å². The first kappa shape index (κ1) is 19.4. The van der Waals surface area contributed by atoms with Gasteiger partial charge in [-0.25, -0.2) is 0 Å². The summed E-state index contributed by atoms with van der Waals surface area (Å²) in [6.07, 6.45) is 4.83. The van der Waals surface area contributed by atoms with Gasteiger partial charge in [0.25, 0.3) is 5.91 Å². The molecule has 25 heavy (non-hydrogen) atoms. The van der Waals surface area contributed by atoms with Crippen molar-refractivity contribution in [1.82, 2.24) is 15.5 Å². The molecule has 138 valence electrons. The van der Waals surface area contributed by atoms with Crippen molar-refractivity contribution in [3.63, 3.8) is 0 Å². The number of likely N-dealkylation sites (tertiary alicyclic amines) is 1. The van der Waals surface area contributed by atoms with E-state index < -0.39 is 0 Å². The second-order valence-electron chi connectivity index (χ2n) is 7.14. The minimum atomic E-state index is -0.205. The van der Waals surface area contributed by atoms with Crippen LogP contribution < -0.4 is 10.6 Å². The minimum absolute atomic E-state index is 0.0198. The third kappa shape index (κ3) is 6.50. The molecule has 1 fully saturated rings. The quantitative estimate of drug-likeness (QED) is 0.746. The number of benzene rings is 1. The molecule has 2 N–H and O–H groups in total. The summed E-state index contributed by atoms with van der Waals surface area (Å²) in [5, 5.41) is 5.58. The van der Waals surface area contributed by atoms with E-state index in [1.807, 2.05) is 32.0 Å². The van der Waals surface area contributed by atoms with Gasteiger partial charge in [-0.05, 0) is 58.7 Å². The number of piperidine rings is 1. The van der Waals surface area contributed by atoms with E-state index in [-0.39, 0.29) is 18.4 Å². The Morgan fingerprint density at radius 2 is 1.84 bits per heavy atom. The fourth-order valence-electron chi connectivity index (χ4n) is 3.43. The van der Waals surface area contributed by atoms with Crippen LogP contribution in [-0.4, -0.2) is 48.9 Å². The molecule has 1 aromatic carbocycles. The standard InChI is InChI=1S/C20H31N3O2/c1-15-11-16(2)13-18(12-15)20(25)22-14-19(24)21-8-6-10-23-9-5-4-7-17(23)3/h11-13,17H,4-10,14H2,1-3H3,(H,21,24)(H,22,25). The number of nitrogens with one attached hydrogen (secondary N) is 2. The molecule has 1 saturated heterocycles. The zero-order valence-electron chi connectivity index (χ0n) is 15.7. The van der Waals surface area contributed by atoms with Gasteiger partial charge in [0, 0.05) is 24.7 Å². The highest BCUT2D eigenvalue weighted by Crippen LogP contribution is 2.16. The average molecular weight is 345 g/mol. The van der Waals surface area contributed by atoms with Crippen molar-refractivity contribution < 1.29 is 9.59 Å². The molecule has 0 aliphatic carbocycles. The van der Waals surface area contributed by atoms with Gasteiger partial charge in [0.15, 0.2) is 0 Å². The molecular formula is C20H31N3O2. The van der Waals surface area contributed by atoms with Crippen LogP contribution in [0.15, 0.2) is 18.2 Å². The third-order valence-corrected chi connectivity index (χ3v) is 4.78. The molecule has 0 spiro atoms. The molecule has 1 aliphatic heterocycles. The summed E-state index contributed by atoms with van der Waals surface area (Å²) in [6, 6.07) is 6.34. The highest BCUT2D eigenvalue weighted by atomic mass is 16.2. The first-order valence-corrected chi connectivity index (χ1v) is 9.33. The van der Waals surface area contributed by atoms with Crippen LogP contribution in [0.3, 0.4) is 0 Å². The van der Waals surface area contributed by atoms with Gasteiger partial charge in [-0.1, -0.05) is 23.6 Å². The van der Waals surface area contributed by atoms with Crippen LogP contribution in [0.25, 0.3) is 0 Å². The van der Waals surface area contributed by atoms with Gasteiger partial charge in [0.2, 0.25) is 5.91 Å². The number of rotatable bonds is 7. The Labute approximate surface area is 151 Å². The van der Waals surface area contributed by atoms with Crippen molar-refractivity contribution >= 4 is 11.8 Å². The molecule has 1 heterocycles. The summed E-state index contributed by atoms with van der Waals surface area (Å²) in [5.41, 5.74) is 2.69. The van der Waals surface area contributed by atoms with Crippen LogP contribution in [0.4, 0.5) is 0 Å². The number of amides is 2. The molecule has 0 aromatic heterocycles. The molecule has 0 saturated carbocycles. The highest BCUT2D eigenvalue weighted by Gasteiger charge is 2.17. The van der Waals surface area contributed by atoms with Crippen LogP contribution in [0, 0.1) is 13.8 Å². The predicted octanol–water partition coefficient (Wildman–Crippen LogP) is 2.41. The first-order valence-electron chi connectivity index (χ1n) is 9.33. The molecule has 2 amide bonds. The number of hydrogen-bond donors (Lipinski definition) is 2. The summed E-state index contributed by atoms with van der Waals surface area (Å²) in [5.74, 6) is -0.339. The Bertz CT molecular complexity index is 580. The number of nitrogens with zero attached hydrogens (tertiary/aromatic N) is 1. The van der Waals surface area contributed by atoms with Crippen LogP contribution in [0.2, 0.25) is 0 Å². The fraction of sp³-hybridized carbons (Fsp3) is 0.600. The molecule has 1 unspecified atom stereocenters.